The molecule has 0 amide bonds. The Hall–Kier alpha value is -2.65. The van der Waals surface area contributed by atoms with E-state index in [0.717, 1.165) is 39.7 Å². The first-order chi connectivity index (χ1) is 14.0. The molecule has 0 radical (unpaired) electrons. The monoisotopic (exact) mass is 457 g/mol. The molecule has 1 aromatic carbocycles. The lowest BCUT2D eigenvalue weighted by Crippen LogP contribution is -2.37. The minimum atomic E-state index is -0.387. The van der Waals surface area contributed by atoms with E-state index in [0.29, 0.717) is 23.5 Å². The van der Waals surface area contributed by atoms with E-state index >= 15 is 0 Å². The molecule has 1 fully saturated rings. The van der Waals surface area contributed by atoms with Crippen molar-refractivity contribution in [3.05, 3.63) is 55.8 Å². The van der Waals surface area contributed by atoms with Gasteiger partial charge in [0.15, 0.2) is 11.2 Å². The van der Waals surface area contributed by atoms with E-state index in [9.17, 15) is 9.59 Å². The third kappa shape index (κ3) is 2.79. The lowest BCUT2D eigenvalue weighted by Gasteiger charge is -2.14. The lowest BCUT2D eigenvalue weighted by molar-refractivity contribution is 0.0981. The molecule has 1 saturated heterocycles. The van der Waals surface area contributed by atoms with Gasteiger partial charge in [0.1, 0.15) is 0 Å². The number of hydrogen-bond donors (Lipinski definition) is 0. The van der Waals surface area contributed by atoms with Crippen LogP contribution in [0.4, 0.5) is 0 Å². The number of aromatic nitrogens is 5. The molecule has 1 atom stereocenters. The smallest absolute Gasteiger partial charge is 0.332 e. The summed E-state index contributed by atoms with van der Waals surface area (Å²) in [6, 6.07) is 8.03. The maximum atomic E-state index is 12.9. The molecule has 150 valence electrons. The molecule has 0 spiro atoms. The lowest BCUT2D eigenvalue weighted by atomic mass is 10.1. The summed E-state index contributed by atoms with van der Waals surface area (Å²) in [4.78, 5) is 29.9. The molecule has 0 saturated carbocycles. The Morgan fingerprint density at radius 3 is 2.62 bits per heavy atom. The van der Waals surface area contributed by atoms with E-state index in [2.05, 4.69) is 20.5 Å². The fourth-order valence-corrected chi connectivity index (χ4v) is 4.30. The number of halogens is 1. The molecule has 0 bridgehead atoms. The van der Waals surface area contributed by atoms with Crippen molar-refractivity contribution in [3.63, 3.8) is 0 Å². The van der Waals surface area contributed by atoms with Crippen LogP contribution in [-0.4, -0.2) is 35.8 Å². The van der Waals surface area contributed by atoms with Gasteiger partial charge < -0.3 is 9.30 Å². The number of fused-ring (bicyclic) bond motifs is 3. The fourth-order valence-electron chi connectivity index (χ4n) is 4.04. The Labute approximate surface area is 174 Å². The van der Waals surface area contributed by atoms with Crippen molar-refractivity contribution in [2.24, 2.45) is 14.1 Å². The van der Waals surface area contributed by atoms with Crippen molar-refractivity contribution in [1.82, 2.24) is 23.1 Å². The predicted octanol–water partition coefficient (Wildman–Crippen LogP) is 2.29. The Balaban J connectivity index is 1.83. The molecule has 29 heavy (non-hydrogen) atoms. The number of aryl methyl sites for hydroxylation is 1. The summed E-state index contributed by atoms with van der Waals surface area (Å²) in [6.45, 7) is 1.40. The van der Waals surface area contributed by atoms with Gasteiger partial charge in [-0.05, 0) is 30.5 Å². The van der Waals surface area contributed by atoms with Crippen molar-refractivity contribution >= 4 is 32.9 Å². The van der Waals surface area contributed by atoms with E-state index in [1.54, 1.807) is 11.4 Å². The van der Waals surface area contributed by atoms with Crippen LogP contribution < -0.4 is 11.2 Å². The normalized spacial score (nSPS) is 17.0. The van der Waals surface area contributed by atoms with Gasteiger partial charge in [0, 0.05) is 31.4 Å². The van der Waals surface area contributed by atoms with Crippen molar-refractivity contribution < 1.29 is 4.74 Å². The number of nitrogens with zero attached hydrogens (tertiary/aromatic N) is 5. The second-order valence-electron chi connectivity index (χ2n) is 7.43. The summed E-state index contributed by atoms with van der Waals surface area (Å²) in [5, 5.41) is 0. The van der Waals surface area contributed by atoms with Crippen LogP contribution in [-0.2, 0) is 25.4 Å². The zero-order valence-electron chi connectivity index (χ0n) is 16.1. The van der Waals surface area contributed by atoms with Crippen molar-refractivity contribution in [3.8, 4) is 11.3 Å². The van der Waals surface area contributed by atoms with Crippen LogP contribution in [0.5, 0.6) is 0 Å². The Morgan fingerprint density at radius 2 is 1.93 bits per heavy atom. The summed E-state index contributed by atoms with van der Waals surface area (Å²) in [5.74, 6) is 0.631. The zero-order chi connectivity index (χ0) is 20.3. The van der Waals surface area contributed by atoms with Crippen LogP contribution in [0.15, 0.2) is 44.5 Å². The molecule has 8 nitrogen and oxygen atoms in total. The van der Waals surface area contributed by atoms with Gasteiger partial charge in [-0.1, -0.05) is 28.1 Å². The first kappa shape index (κ1) is 18.4. The van der Waals surface area contributed by atoms with E-state index in [1.807, 2.05) is 30.5 Å². The molecule has 9 heteroatoms. The van der Waals surface area contributed by atoms with Gasteiger partial charge in [-0.3, -0.25) is 18.3 Å². The molecular formula is C20H20BrN5O3. The predicted molar refractivity (Wildman–Crippen MR) is 113 cm³/mol. The van der Waals surface area contributed by atoms with Gasteiger partial charge in [-0.15, -0.1) is 0 Å². The number of benzene rings is 1. The average Bonchev–Trinajstić information content (AvgIpc) is 3.42. The second kappa shape index (κ2) is 6.70. The minimum Gasteiger partial charge on any atom is -0.376 e. The topological polar surface area (TPSA) is 75.5 Å². The molecule has 4 aromatic rings. The van der Waals surface area contributed by atoms with Crippen LogP contribution in [0, 0.1) is 0 Å². The van der Waals surface area contributed by atoms with Crippen LogP contribution in [0.3, 0.4) is 0 Å². The maximum Gasteiger partial charge on any atom is 0.332 e. The number of hydrogen-bond acceptors (Lipinski definition) is 4. The van der Waals surface area contributed by atoms with Crippen LogP contribution >= 0.6 is 15.9 Å². The van der Waals surface area contributed by atoms with Gasteiger partial charge in [0.25, 0.3) is 5.56 Å². The van der Waals surface area contributed by atoms with Gasteiger partial charge in [-0.2, -0.15) is 4.98 Å². The molecule has 0 aliphatic carbocycles. The Kier molecular flexibility index (Phi) is 4.25. The highest BCUT2D eigenvalue weighted by molar-refractivity contribution is 9.10. The summed E-state index contributed by atoms with van der Waals surface area (Å²) in [6.07, 6.45) is 4.06. The molecule has 1 unspecified atom stereocenters. The van der Waals surface area contributed by atoms with E-state index < -0.39 is 0 Å². The standard InChI is InChI=1S/C20H20BrN5O3/c1-23-17-16(18(27)24(2)20(23)28)26-11-15(12-5-7-13(21)8-6-12)25(19(26)22-17)10-14-4-3-9-29-14/h5-8,11,14H,3-4,9-10H2,1-2H3. The third-order valence-corrected chi connectivity index (χ3v) is 6.14. The minimum absolute atomic E-state index is 0.104. The van der Waals surface area contributed by atoms with Gasteiger partial charge in [-0.25, -0.2) is 4.79 Å². The maximum absolute atomic E-state index is 12.9. The highest BCUT2D eigenvalue weighted by Crippen LogP contribution is 2.28. The SMILES string of the molecule is Cn1c(=O)c2c(nc3n(CC4CCCO4)c(-c4ccc(Br)cc4)cn23)n(C)c1=O. The highest BCUT2D eigenvalue weighted by atomic mass is 79.9. The quantitative estimate of drug-likeness (QED) is 0.472. The fraction of sp³-hybridized carbons (Fsp3) is 0.350. The summed E-state index contributed by atoms with van der Waals surface area (Å²) >= 11 is 3.48. The number of ether oxygens (including phenoxy) is 1. The first-order valence-electron chi connectivity index (χ1n) is 9.50. The van der Waals surface area contributed by atoms with Crippen molar-refractivity contribution in [1.29, 1.82) is 0 Å². The summed E-state index contributed by atoms with van der Waals surface area (Å²) < 4.78 is 13.3. The molecular weight excluding hydrogens is 438 g/mol. The molecule has 5 rings (SSSR count). The molecule has 4 heterocycles. The molecule has 1 aliphatic heterocycles. The second-order valence-corrected chi connectivity index (χ2v) is 8.34. The average molecular weight is 458 g/mol. The molecule has 3 aromatic heterocycles. The highest BCUT2D eigenvalue weighted by Gasteiger charge is 2.24. The molecule has 0 N–H and O–H groups in total. The van der Waals surface area contributed by atoms with Gasteiger partial charge >= 0.3 is 5.69 Å². The van der Waals surface area contributed by atoms with E-state index in [1.165, 1.54) is 11.6 Å². The van der Waals surface area contributed by atoms with Crippen LogP contribution in [0.25, 0.3) is 28.2 Å². The van der Waals surface area contributed by atoms with E-state index in [4.69, 9.17) is 9.72 Å². The van der Waals surface area contributed by atoms with Crippen molar-refractivity contribution in [2.45, 2.75) is 25.5 Å². The van der Waals surface area contributed by atoms with Crippen LogP contribution in [0.1, 0.15) is 12.8 Å². The number of rotatable bonds is 3. The largest absolute Gasteiger partial charge is 0.376 e. The van der Waals surface area contributed by atoms with E-state index in [-0.39, 0.29) is 17.4 Å². The first-order valence-corrected chi connectivity index (χ1v) is 10.3. The van der Waals surface area contributed by atoms with Gasteiger partial charge in [0.05, 0.1) is 18.3 Å². The Morgan fingerprint density at radius 1 is 1.17 bits per heavy atom. The zero-order valence-corrected chi connectivity index (χ0v) is 17.7. The Bertz CT molecular complexity index is 1350. The van der Waals surface area contributed by atoms with Gasteiger partial charge in [0.2, 0.25) is 5.78 Å². The van der Waals surface area contributed by atoms with Crippen molar-refractivity contribution in [2.75, 3.05) is 6.61 Å². The van der Waals surface area contributed by atoms with Crippen LogP contribution in [0.2, 0.25) is 0 Å². The third-order valence-electron chi connectivity index (χ3n) is 5.61. The molecule has 1 aliphatic rings. The number of imidazole rings is 2. The summed E-state index contributed by atoms with van der Waals surface area (Å²) in [7, 11) is 3.12. The summed E-state index contributed by atoms with van der Waals surface area (Å²) in [5.41, 5.74) is 2.01.